The van der Waals surface area contributed by atoms with E-state index >= 15 is 0 Å². The highest BCUT2D eigenvalue weighted by molar-refractivity contribution is 5.92. The van der Waals surface area contributed by atoms with Crippen LogP contribution in [0.5, 0.6) is 5.75 Å². The Labute approximate surface area is 177 Å². The van der Waals surface area contributed by atoms with Gasteiger partial charge in [0.15, 0.2) is 11.5 Å². The number of anilines is 1. The Morgan fingerprint density at radius 3 is 2.66 bits per heavy atom. The zero-order valence-electron chi connectivity index (χ0n) is 16.8. The highest BCUT2D eigenvalue weighted by atomic mass is 19.4. The molecule has 13 heteroatoms. The van der Waals surface area contributed by atoms with Crippen molar-refractivity contribution in [2.45, 2.75) is 32.5 Å². The van der Waals surface area contributed by atoms with Gasteiger partial charge >= 0.3 is 6.18 Å². The summed E-state index contributed by atoms with van der Waals surface area (Å²) in [6.07, 6.45) is -3.37. The summed E-state index contributed by atoms with van der Waals surface area (Å²) in [5, 5.41) is 27.9. The average molecular weight is 447 g/mol. The monoisotopic (exact) mass is 447 g/mol. The standard InChI is InChI=1S/C19H16F3N7O3/c1-9(2)17-11-5-10(19(20,21)22)6-12(30)16(11)18(32)28(27-17)7-15(31)24-13-3-4-14-25-23-8-29(14)26-13/h3-6,8-9,30H,7H2,1-2H3,(H,24,26,31). The Hall–Kier alpha value is -4.03. The van der Waals surface area contributed by atoms with Crippen molar-refractivity contribution in [1.29, 1.82) is 0 Å². The molecule has 0 atom stereocenters. The summed E-state index contributed by atoms with van der Waals surface area (Å²) in [5.41, 5.74) is -1.40. The van der Waals surface area contributed by atoms with Gasteiger partial charge in [0.05, 0.1) is 16.6 Å². The third-order valence-electron chi connectivity index (χ3n) is 4.67. The number of carbonyl (C=O) groups is 1. The lowest BCUT2D eigenvalue weighted by atomic mass is 10.00. The van der Waals surface area contributed by atoms with Crippen molar-refractivity contribution in [2.24, 2.45) is 0 Å². The molecule has 0 saturated carbocycles. The second kappa shape index (κ2) is 7.59. The largest absolute Gasteiger partial charge is 0.507 e. The number of benzene rings is 1. The number of amides is 1. The molecule has 10 nitrogen and oxygen atoms in total. The highest BCUT2D eigenvalue weighted by Crippen LogP contribution is 2.36. The van der Waals surface area contributed by atoms with Gasteiger partial charge in [-0.15, -0.1) is 15.3 Å². The Morgan fingerprint density at radius 1 is 1.22 bits per heavy atom. The van der Waals surface area contributed by atoms with Gasteiger partial charge in [0.25, 0.3) is 5.56 Å². The quantitative estimate of drug-likeness (QED) is 0.491. The first-order valence-corrected chi connectivity index (χ1v) is 9.36. The molecule has 0 saturated heterocycles. The molecular weight excluding hydrogens is 431 g/mol. The van der Waals surface area contributed by atoms with Crippen LogP contribution < -0.4 is 10.9 Å². The molecule has 1 amide bonds. The lowest BCUT2D eigenvalue weighted by Crippen LogP contribution is -2.31. The third kappa shape index (κ3) is 3.84. The van der Waals surface area contributed by atoms with Crippen LogP contribution in [0.1, 0.15) is 31.0 Å². The number of nitrogens with one attached hydrogen (secondary N) is 1. The summed E-state index contributed by atoms with van der Waals surface area (Å²) in [7, 11) is 0. The minimum Gasteiger partial charge on any atom is -0.507 e. The molecule has 32 heavy (non-hydrogen) atoms. The lowest BCUT2D eigenvalue weighted by Gasteiger charge is -2.16. The predicted molar refractivity (Wildman–Crippen MR) is 106 cm³/mol. The molecular formula is C19H16F3N7O3. The van der Waals surface area contributed by atoms with Gasteiger partial charge in [-0.2, -0.15) is 22.8 Å². The fourth-order valence-electron chi connectivity index (χ4n) is 3.22. The average Bonchev–Trinajstić information content (AvgIpc) is 3.16. The molecule has 0 aliphatic carbocycles. The zero-order chi connectivity index (χ0) is 23.2. The van der Waals surface area contributed by atoms with E-state index in [-0.39, 0.29) is 22.3 Å². The smallest absolute Gasteiger partial charge is 0.416 e. The topological polar surface area (TPSA) is 127 Å². The van der Waals surface area contributed by atoms with E-state index in [9.17, 15) is 27.9 Å². The number of carbonyl (C=O) groups excluding carboxylic acids is 1. The van der Waals surface area contributed by atoms with Gasteiger partial charge in [-0.1, -0.05) is 13.8 Å². The van der Waals surface area contributed by atoms with Gasteiger partial charge in [-0.25, -0.2) is 4.68 Å². The minimum absolute atomic E-state index is 0.117. The maximum absolute atomic E-state index is 13.2. The molecule has 0 unspecified atom stereocenters. The van der Waals surface area contributed by atoms with E-state index in [1.165, 1.54) is 16.9 Å². The van der Waals surface area contributed by atoms with Crippen LogP contribution in [-0.2, 0) is 17.5 Å². The molecule has 0 aliphatic rings. The molecule has 0 aliphatic heterocycles. The highest BCUT2D eigenvalue weighted by Gasteiger charge is 2.32. The first-order chi connectivity index (χ1) is 15.0. The van der Waals surface area contributed by atoms with E-state index in [2.05, 4.69) is 25.7 Å². The van der Waals surface area contributed by atoms with Crippen molar-refractivity contribution in [3.05, 3.63) is 52.2 Å². The number of hydrogen-bond acceptors (Lipinski definition) is 7. The van der Waals surface area contributed by atoms with Gasteiger partial charge < -0.3 is 10.4 Å². The summed E-state index contributed by atoms with van der Waals surface area (Å²) in [5.74, 6) is -1.72. The number of phenolic OH excluding ortho intramolecular Hbond substituents is 1. The molecule has 3 heterocycles. The van der Waals surface area contributed by atoms with E-state index in [0.717, 1.165) is 10.7 Å². The molecule has 0 spiro atoms. The number of aromatic hydroxyl groups is 1. The van der Waals surface area contributed by atoms with Gasteiger partial charge in [0.1, 0.15) is 18.6 Å². The van der Waals surface area contributed by atoms with Crippen LogP contribution in [0.3, 0.4) is 0 Å². The van der Waals surface area contributed by atoms with Crippen molar-refractivity contribution in [2.75, 3.05) is 5.32 Å². The van der Waals surface area contributed by atoms with E-state index in [0.29, 0.717) is 11.7 Å². The normalized spacial score (nSPS) is 12.1. The maximum Gasteiger partial charge on any atom is 0.416 e. The van der Waals surface area contributed by atoms with E-state index in [4.69, 9.17) is 0 Å². The predicted octanol–water partition coefficient (Wildman–Crippen LogP) is 2.32. The third-order valence-corrected chi connectivity index (χ3v) is 4.67. The zero-order valence-corrected chi connectivity index (χ0v) is 16.8. The first kappa shape index (κ1) is 21.2. The second-order valence-corrected chi connectivity index (χ2v) is 7.32. The van der Waals surface area contributed by atoms with Crippen LogP contribution >= 0.6 is 0 Å². The van der Waals surface area contributed by atoms with Crippen molar-refractivity contribution < 1.29 is 23.1 Å². The number of halogens is 3. The number of phenols is 1. The van der Waals surface area contributed by atoms with Crippen molar-refractivity contribution in [3.8, 4) is 5.75 Å². The van der Waals surface area contributed by atoms with Crippen LogP contribution in [-0.4, -0.2) is 40.6 Å². The fourth-order valence-corrected chi connectivity index (χ4v) is 3.22. The SMILES string of the molecule is CC(C)c1nn(CC(=O)Nc2ccc3nncn3n2)c(=O)c2c(O)cc(C(F)(F)F)cc12. The molecule has 4 aromatic rings. The number of hydrogen-bond donors (Lipinski definition) is 2. The van der Waals surface area contributed by atoms with Crippen LogP contribution in [0.2, 0.25) is 0 Å². The van der Waals surface area contributed by atoms with Crippen LogP contribution in [0.15, 0.2) is 35.4 Å². The maximum atomic E-state index is 13.2. The molecule has 0 bridgehead atoms. The van der Waals surface area contributed by atoms with Crippen molar-refractivity contribution in [3.63, 3.8) is 0 Å². The molecule has 4 rings (SSSR count). The minimum atomic E-state index is -4.71. The van der Waals surface area contributed by atoms with E-state index in [1.807, 2.05) is 0 Å². The Bertz CT molecular complexity index is 1410. The molecule has 2 N–H and O–H groups in total. The second-order valence-electron chi connectivity index (χ2n) is 7.32. The summed E-state index contributed by atoms with van der Waals surface area (Å²) < 4.78 is 41.7. The molecule has 0 fully saturated rings. The first-order valence-electron chi connectivity index (χ1n) is 9.36. The molecule has 0 radical (unpaired) electrons. The van der Waals surface area contributed by atoms with Gasteiger partial charge in [-0.05, 0) is 30.2 Å². The Balaban J connectivity index is 1.73. The van der Waals surface area contributed by atoms with Crippen molar-refractivity contribution in [1.82, 2.24) is 29.6 Å². The van der Waals surface area contributed by atoms with Crippen LogP contribution in [0.25, 0.3) is 16.4 Å². The Morgan fingerprint density at radius 2 is 1.97 bits per heavy atom. The summed E-state index contributed by atoms with van der Waals surface area (Å²) in [6.45, 7) is 2.80. The summed E-state index contributed by atoms with van der Waals surface area (Å²) in [6, 6.07) is 4.32. The number of rotatable bonds is 4. The summed E-state index contributed by atoms with van der Waals surface area (Å²) >= 11 is 0. The van der Waals surface area contributed by atoms with E-state index in [1.54, 1.807) is 19.9 Å². The fraction of sp³-hybridized carbons (Fsp3) is 0.263. The molecule has 1 aromatic carbocycles. The molecule has 3 aromatic heterocycles. The lowest BCUT2D eigenvalue weighted by molar-refractivity contribution is -0.137. The number of nitrogens with zero attached hydrogens (tertiary/aromatic N) is 6. The van der Waals surface area contributed by atoms with Gasteiger partial charge in [-0.3, -0.25) is 9.59 Å². The van der Waals surface area contributed by atoms with Gasteiger partial charge in [0.2, 0.25) is 5.91 Å². The number of alkyl halides is 3. The Kier molecular flexibility index (Phi) is 5.03. The summed E-state index contributed by atoms with van der Waals surface area (Å²) in [4.78, 5) is 25.3. The van der Waals surface area contributed by atoms with Crippen molar-refractivity contribution >= 4 is 28.1 Å². The number of fused-ring (bicyclic) bond motifs is 2. The van der Waals surface area contributed by atoms with Crippen LogP contribution in [0.4, 0.5) is 19.0 Å². The molecule has 166 valence electrons. The van der Waals surface area contributed by atoms with Gasteiger partial charge in [0, 0.05) is 5.39 Å². The van der Waals surface area contributed by atoms with Crippen LogP contribution in [0, 0.1) is 0 Å². The van der Waals surface area contributed by atoms with E-state index < -0.39 is 41.4 Å². The number of aromatic nitrogens is 6.